The maximum absolute atomic E-state index is 10.7. The molecule has 0 saturated carbocycles. The average molecular weight is 199 g/mol. The summed E-state index contributed by atoms with van der Waals surface area (Å²) in [5.41, 5.74) is 0. The van der Waals surface area contributed by atoms with Crippen molar-refractivity contribution in [2.45, 2.75) is 39.2 Å². The van der Waals surface area contributed by atoms with Crippen LogP contribution in [0.3, 0.4) is 0 Å². The third-order valence-electron chi connectivity index (χ3n) is 2.99. The molecule has 2 atom stereocenters. The van der Waals surface area contributed by atoms with Gasteiger partial charge >= 0.3 is 0 Å². The summed E-state index contributed by atoms with van der Waals surface area (Å²) in [6, 6.07) is 0. The fraction of sp³-hybridized carbons (Fsp3) is 0.909. The number of hydrogen-bond donors (Lipinski definition) is 1. The summed E-state index contributed by atoms with van der Waals surface area (Å²) >= 11 is 0. The van der Waals surface area contributed by atoms with Crippen molar-refractivity contribution in [1.82, 2.24) is 4.90 Å². The molecule has 3 heteroatoms. The molecule has 1 N–H and O–H groups in total. The van der Waals surface area contributed by atoms with Gasteiger partial charge in [0.2, 0.25) is 0 Å². The van der Waals surface area contributed by atoms with E-state index in [0.717, 1.165) is 32.5 Å². The summed E-state index contributed by atoms with van der Waals surface area (Å²) in [6.07, 6.45) is 2.56. The number of carbonyl (C=O) groups excluding carboxylic acids is 1. The molecule has 1 rings (SSSR count). The van der Waals surface area contributed by atoms with Gasteiger partial charge in [0, 0.05) is 13.0 Å². The Hall–Kier alpha value is -0.410. The first-order valence-corrected chi connectivity index (χ1v) is 5.49. The standard InChI is InChI=1S/C11H21NO2/c1-9(13)4-3-6-12-7-5-11(8-12)10(2)14/h10-11,14H,3-8H2,1-2H3. The lowest BCUT2D eigenvalue weighted by molar-refractivity contribution is -0.117. The number of aliphatic hydroxyl groups is 1. The molecule has 14 heavy (non-hydrogen) atoms. The molecular formula is C11H21NO2. The van der Waals surface area contributed by atoms with E-state index < -0.39 is 0 Å². The molecule has 82 valence electrons. The van der Waals surface area contributed by atoms with Crippen molar-refractivity contribution < 1.29 is 9.90 Å². The Morgan fingerprint density at radius 1 is 1.64 bits per heavy atom. The van der Waals surface area contributed by atoms with E-state index in [2.05, 4.69) is 4.90 Å². The van der Waals surface area contributed by atoms with Crippen LogP contribution in [0.4, 0.5) is 0 Å². The Morgan fingerprint density at radius 3 is 2.86 bits per heavy atom. The molecule has 2 unspecified atom stereocenters. The maximum Gasteiger partial charge on any atom is 0.129 e. The third kappa shape index (κ3) is 3.76. The normalized spacial score (nSPS) is 25.2. The average Bonchev–Trinajstić information content (AvgIpc) is 2.52. The molecule has 1 aliphatic rings. The van der Waals surface area contributed by atoms with Gasteiger partial charge in [-0.2, -0.15) is 0 Å². The van der Waals surface area contributed by atoms with Crippen LogP contribution >= 0.6 is 0 Å². The van der Waals surface area contributed by atoms with Gasteiger partial charge in [-0.1, -0.05) is 0 Å². The zero-order valence-electron chi connectivity index (χ0n) is 9.20. The molecule has 0 amide bonds. The lowest BCUT2D eigenvalue weighted by Gasteiger charge is -2.16. The van der Waals surface area contributed by atoms with E-state index in [9.17, 15) is 9.90 Å². The van der Waals surface area contributed by atoms with Crippen LogP contribution in [-0.2, 0) is 4.79 Å². The van der Waals surface area contributed by atoms with E-state index in [4.69, 9.17) is 0 Å². The Kier molecular flexibility index (Phi) is 4.55. The number of ketones is 1. The predicted molar refractivity (Wildman–Crippen MR) is 56.1 cm³/mol. The molecule has 0 aromatic heterocycles. The predicted octanol–water partition coefficient (Wildman–Crippen LogP) is 1.06. The van der Waals surface area contributed by atoms with Crippen molar-refractivity contribution in [3.05, 3.63) is 0 Å². The van der Waals surface area contributed by atoms with Crippen molar-refractivity contribution in [2.75, 3.05) is 19.6 Å². The van der Waals surface area contributed by atoms with Crippen LogP contribution in [0.1, 0.15) is 33.1 Å². The van der Waals surface area contributed by atoms with Crippen LogP contribution in [0.15, 0.2) is 0 Å². The Labute approximate surface area is 86.1 Å². The molecule has 1 saturated heterocycles. The SMILES string of the molecule is CC(=O)CCCN1CCC(C(C)O)C1. The highest BCUT2D eigenvalue weighted by Gasteiger charge is 2.25. The molecule has 0 bridgehead atoms. The topological polar surface area (TPSA) is 40.5 Å². The van der Waals surface area contributed by atoms with E-state index in [1.165, 1.54) is 0 Å². The van der Waals surface area contributed by atoms with Gasteiger partial charge in [0.25, 0.3) is 0 Å². The second kappa shape index (κ2) is 5.47. The zero-order valence-corrected chi connectivity index (χ0v) is 9.20. The summed E-state index contributed by atoms with van der Waals surface area (Å²) in [6.45, 7) is 6.58. The molecule has 1 fully saturated rings. The van der Waals surface area contributed by atoms with Crippen LogP contribution in [0.25, 0.3) is 0 Å². The molecule has 0 aliphatic carbocycles. The van der Waals surface area contributed by atoms with Crippen molar-refractivity contribution >= 4 is 5.78 Å². The van der Waals surface area contributed by atoms with Gasteiger partial charge in [-0.25, -0.2) is 0 Å². The number of aliphatic hydroxyl groups excluding tert-OH is 1. The summed E-state index contributed by atoms with van der Waals surface area (Å²) in [5.74, 6) is 0.712. The molecule has 1 heterocycles. The largest absolute Gasteiger partial charge is 0.393 e. The van der Waals surface area contributed by atoms with Crippen molar-refractivity contribution in [3.8, 4) is 0 Å². The van der Waals surface area contributed by atoms with Gasteiger partial charge in [0.15, 0.2) is 0 Å². The highest BCUT2D eigenvalue weighted by atomic mass is 16.3. The van der Waals surface area contributed by atoms with E-state index in [0.29, 0.717) is 12.3 Å². The minimum atomic E-state index is -0.187. The van der Waals surface area contributed by atoms with Crippen LogP contribution in [0.5, 0.6) is 0 Å². The molecular weight excluding hydrogens is 178 g/mol. The van der Waals surface area contributed by atoms with E-state index >= 15 is 0 Å². The van der Waals surface area contributed by atoms with Crippen LogP contribution in [0, 0.1) is 5.92 Å². The maximum atomic E-state index is 10.7. The Balaban J connectivity index is 2.13. The monoisotopic (exact) mass is 199 g/mol. The summed E-state index contributed by atoms with van der Waals surface area (Å²) in [5, 5.41) is 9.40. The number of likely N-dealkylation sites (tertiary alicyclic amines) is 1. The summed E-state index contributed by atoms with van der Waals surface area (Å²) in [4.78, 5) is 13.1. The highest BCUT2D eigenvalue weighted by Crippen LogP contribution is 2.19. The summed E-state index contributed by atoms with van der Waals surface area (Å²) in [7, 11) is 0. The fourth-order valence-corrected chi connectivity index (χ4v) is 2.01. The minimum Gasteiger partial charge on any atom is -0.393 e. The van der Waals surface area contributed by atoms with Gasteiger partial charge in [0.05, 0.1) is 6.10 Å². The second-order valence-electron chi connectivity index (χ2n) is 4.40. The van der Waals surface area contributed by atoms with Crippen LogP contribution in [0.2, 0.25) is 0 Å². The molecule has 0 aromatic rings. The lowest BCUT2D eigenvalue weighted by Crippen LogP contribution is -2.25. The number of Topliss-reactive ketones (excluding diaryl/α,β-unsaturated/α-hetero) is 1. The van der Waals surface area contributed by atoms with Gasteiger partial charge in [-0.3, -0.25) is 0 Å². The first-order valence-electron chi connectivity index (χ1n) is 5.49. The fourth-order valence-electron chi connectivity index (χ4n) is 2.01. The third-order valence-corrected chi connectivity index (χ3v) is 2.99. The first-order chi connectivity index (χ1) is 6.59. The van der Waals surface area contributed by atoms with Gasteiger partial charge in [-0.15, -0.1) is 0 Å². The number of carbonyl (C=O) groups is 1. The van der Waals surface area contributed by atoms with Gasteiger partial charge < -0.3 is 14.8 Å². The zero-order chi connectivity index (χ0) is 10.6. The van der Waals surface area contributed by atoms with E-state index in [1.54, 1.807) is 6.92 Å². The molecule has 0 aromatic carbocycles. The number of nitrogens with zero attached hydrogens (tertiary/aromatic N) is 1. The Bertz CT molecular complexity index is 192. The molecule has 0 radical (unpaired) electrons. The highest BCUT2D eigenvalue weighted by molar-refractivity contribution is 5.75. The van der Waals surface area contributed by atoms with Crippen LogP contribution < -0.4 is 0 Å². The molecule has 0 spiro atoms. The molecule has 3 nitrogen and oxygen atoms in total. The van der Waals surface area contributed by atoms with Crippen molar-refractivity contribution in [1.29, 1.82) is 0 Å². The minimum absolute atomic E-state index is 0.187. The first kappa shape index (κ1) is 11.7. The van der Waals surface area contributed by atoms with Crippen molar-refractivity contribution in [3.63, 3.8) is 0 Å². The van der Waals surface area contributed by atoms with Crippen molar-refractivity contribution in [2.24, 2.45) is 5.92 Å². The van der Waals surface area contributed by atoms with Gasteiger partial charge in [-0.05, 0) is 45.7 Å². The lowest BCUT2D eigenvalue weighted by atomic mass is 10.0. The number of hydrogen-bond acceptors (Lipinski definition) is 3. The van der Waals surface area contributed by atoms with Crippen LogP contribution in [-0.4, -0.2) is 41.5 Å². The molecule has 1 aliphatic heterocycles. The summed E-state index contributed by atoms with van der Waals surface area (Å²) < 4.78 is 0. The Morgan fingerprint density at radius 2 is 2.36 bits per heavy atom. The quantitative estimate of drug-likeness (QED) is 0.719. The van der Waals surface area contributed by atoms with E-state index in [1.807, 2.05) is 6.92 Å². The van der Waals surface area contributed by atoms with Gasteiger partial charge in [0.1, 0.15) is 5.78 Å². The smallest absolute Gasteiger partial charge is 0.129 e. The second-order valence-corrected chi connectivity index (χ2v) is 4.40. The van der Waals surface area contributed by atoms with E-state index in [-0.39, 0.29) is 11.9 Å². The number of rotatable bonds is 5.